The Morgan fingerprint density at radius 1 is 1.05 bits per heavy atom. The average Bonchev–Trinajstić information content (AvgIpc) is 2.46. The van der Waals surface area contributed by atoms with Crippen molar-refractivity contribution in [3.63, 3.8) is 0 Å². The summed E-state index contributed by atoms with van der Waals surface area (Å²) < 4.78 is 0.983. The number of hydrogen-bond donors (Lipinski definition) is 1. The van der Waals surface area contributed by atoms with E-state index in [0.29, 0.717) is 11.2 Å². The van der Waals surface area contributed by atoms with Crippen molar-refractivity contribution in [2.24, 2.45) is 4.99 Å². The van der Waals surface area contributed by atoms with Crippen molar-refractivity contribution < 1.29 is 5.11 Å². The second-order valence-corrected chi connectivity index (χ2v) is 5.24. The molecule has 0 amide bonds. The van der Waals surface area contributed by atoms with E-state index in [4.69, 9.17) is 0 Å². The van der Waals surface area contributed by atoms with Gasteiger partial charge in [-0.1, -0.05) is 40.2 Å². The molecule has 0 fully saturated rings. The molecule has 0 saturated carbocycles. The first-order valence-corrected chi connectivity index (χ1v) is 6.90. The smallest absolute Gasteiger partial charge is 0.141 e. The van der Waals surface area contributed by atoms with Crippen LogP contribution < -0.4 is 0 Å². The molecule has 3 rings (SSSR count). The van der Waals surface area contributed by atoms with Crippen molar-refractivity contribution in [1.29, 1.82) is 0 Å². The summed E-state index contributed by atoms with van der Waals surface area (Å²) >= 11 is 3.41. The van der Waals surface area contributed by atoms with E-state index in [1.807, 2.05) is 42.5 Å². The summed E-state index contributed by atoms with van der Waals surface area (Å²) in [6, 6.07) is 16.9. The summed E-state index contributed by atoms with van der Waals surface area (Å²) in [5.41, 5.74) is 2.14. The van der Waals surface area contributed by atoms with Gasteiger partial charge in [-0.05, 0) is 30.3 Å². The maximum atomic E-state index is 9.80. The van der Waals surface area contributed by atoms with Crippen molar-refractivity contribution in [3.05, 3.63) is 64.8 Å². The molecule has 0 aliphatic rings. The molecule has 0 spiro atoms. The van der Waals surface area contributed by atoms with Gasteiger partial charge < -0.3 is 5.11 Å². The number of aromatic nitrogens is 1. The number of nitrogens with zero attached hydrogens (tertiary/aromatic N) is 2. The normalized spacial score (nSPS) is 11.2. The van der Waals surface area contributed by atoms with Crippen LogP contribution in [0, 0.1) is 0 Å². The predicted molar refractivity (Wildman–Crippen MR) is 84.8 cm³/mol. The molecule has 20 heavy (non-hydrogen) atoms. The van der Waals surface area contributed by atoms with Crippen LogP contribution in [0.2, 0.25) is 0 Å². The van der Waals surface area contributed by atoms with Crippen LogP contribution in [0.4, 0.5) is 5.69 Å². The molecular formula is C16H11BrN2O. The van der Waals surface area contributed by atoms with Crippen LogP contribution in [-0.4, -0.2) is 16.3 Å². The third-order valence-electron chi connectivity index (χ3n) is 2.87. The summed E-state index contributed by atoms with van der Waals surface area (Å²) in [5.74, 6) is 0.181. The summed E-state index contributed by atoms with van der Waals surface area (Å²) in [6.07, 6.45) is 1.69. The molecule has 0 unspecified atom stereocenters. The lowest BCUT2D eigenvalue weighted by Gasteiger charge is -2.01. The zero-order valence-corrected chi connectivity index (χ0v) is 12.1. The lowest BCUT2D eigenvalue weighted by Crippen LogP contribution is -1.88. The standard InChI is InChI=1S/C16H11BrN2O/c17-12-4-2-5-13(9-12)18-10-14-8-7-11-3-1-6-15(20)16(11)19-14/h1-10,20H. The maximum absolute atomic E-state index is 9.80. The molecule has 3 nitrogen and oxygen atoms in total. The van der Waals surface area contributed by atoms with E-state index in [2.05, 4.69) is 25.9 Å². The first-order chi connectivity index (χ1) is 9.72. The fourth-order valence-corrected chi connectivity index (χ4v) is 2.30. The molecule has 98 valence electrons. The molecule has 0 saturated heterocycles. The Bertz CT molecular complexity index is 799. The molecule has 0 atom stereocenters. The highest BCUT2D eigenvalue weighted by molar-refractivity contribution is 9.10. The summed E-state index contributed by atoms with van der Waals surface area (Å²) in [5, 5.41) is 10.7. The average molecular weight is 327 g/mol. The van der Waals surface area contributed by atoms with Gasteiger partial charge in [0.1, 0.15) is 11.3 Å². The number of fused-ring (bicyclic) bond motifs is 1. The molecule has 1 aromatic heterocycles. The number of halogens is 1. The van der Waals surface area contributed by atoms with E-state index < -0.39 is 0 Å². The number of hydrogen-bond acceptors (Lipinski definition) is 3. The number of phenols is 1. The summed E-state index contributed by atoms with van der Waals surface area (Å²) in [4.78, 5) is 8.78. The second kappa shape index (κ2) is 5.43. The van der Waals surface area contributed by atoms with Gasteiger partial charge in [-0.25, -0.2) is 4.98 Å². The topological polar surface area (TPSA) is 45.5 Å². The van der Waals surface area contributed by atoms with E-state index in [1.54, 1.807) is 18.3 Å². The minimum absolute atomic E-state index is 0.181. The van der Waals surface area contributed by atoms with Gasteiger partial charge >= 0.3 is 0 Å². The maximum Gasteiger partial charge on any atom is 0.141 e. The van der Waals surface area contributed by atoms with Gasteiger partial charge in [-0.15, -0.1) is 0 Å². The van der Waals surface area contributed by atoms with Crippen LogP contribution in [-0.2, 0) is 0 Å². The lowest BCUT2D eigenvalue weighted by atomic mass is 10.2. The number of aliphatic imine (C=N–C) groups is 1. The van der Waals surface area contributed by atoms with E-state index in [0.717, 1.165) is 15.5 Å². The number of rotatable bonds is 2. The van der Waals surface area contributed by atoms with Crippen LogP contribution in [0.1, 0.15) is 5.69 Å². The fourth-order valence-electron chi connectivity index (χ4n) is 1.92. The Balaban J connectivity index is 1.97. The third-order valence-corrected chi connectivity index (χ3v) is 3.37. The summed E-state index contributed by atoms with van der Waals surface area (Å²) in [6.45, 7) is 0. The molecule has 1 heterocycles. The van der Waals surface area contributed by atoms with Crippen LogP contribution >= 0.6 is 15.9 Å². The van der Waals surface area contributed by atoms with Crippen molar-refractivity contribution in [3.8, 4) is 5.75 Å². The Kier molecular flexibility index (Phi) is 3.48. The Hall–Kier alpha value is -2.20. The second-order valence-electron chi connectivity index (χ2n) is 4.32. The van der Waals surface area contributed by atoms with Gasteiger partial charge in [-0.2, -0.15) is 0 Å². The minimum Gasteiger partial charge on any atom is -0.506 e. The Morgan fingerprint density at radius 2 is 1.90 bits per heavy atom. The Labute approximate surface area is 124 Å². The fraction of sp³-hybridized carbons (Fsp3) is 0. The van der Waals surface area contributed by atoms with Crippen molar-refractivity contribution in [2.75, 3.05) is 0 Å². The van der Waals surface area contributed by atoms with Gasteiger partial charge in [-0.3, -0.25) is 4.99 Å². The van der Waals surface area contributed by atoms with Crippen LogP contribution in [0.3, 0.4) is 0 Å². The van der Waals surface area contributed by atoms with Gasteiger partial charge in [0.2, 0.25) is 0 Å². The van der Waals surface area contributed by atoms with E-state index in [9.17, 15) is 5.11 Å². The highest BCUT2D eigenvalue weighted by atomic mass is 79.9. The van der Waals surface area contributed by atoms with Gasteiger partial charge in [0.15, 0.2) is 0 Å². The quantitative estimate of drug-likeness (QED) is 0.707. The van der Waals surface area contributed by atoms with E-state index in [1.165, 1.54) is 0 Å². The van der Waals surface area contributed by atoms with E-state index >= 15 is 0 Å². The lowest BCUT2D eigenvalue weighted by molar-refractivity contribution is 0.480. The van der Waals surface area contributed by atoms with Crippen LogP contribution in [0.15, 0.2) is 64.1 Å². The number of pyridine rings is 1. The van der Waals surface area contributed by atoms with Crippen molar-refractivity contribution in [2.45, 2.75) is 0 Å². The molecule has 3 aromatic rings. The minimum atomic E-state index is 0.181. The molecule has 4 heteroatoms. The first-order valence-electron chi connectivity index (χ1n) is 6.11. The monoisotopic (exact) mass is 326 g/mol. The SMILES string of the molecule is Oc1cccc2ccc(C=Nc3cccc(Br)c3)nc12. The molecular weight excluding hydrogens is 316 g/mol. The van der Waals surface area contributed by atoms with Gasteiger partial charge in [0.25, 0.3) is 0 Å². The summed E-state index contributed by atoms with van der Waals surface area (Å²) in [7, 11) is 0. The molecule has 0 aliphatic heterocycles. The highest BCUT2D eigenvalue weighted by Crippen LogP contribution is 2.22. The zero-order chi connectivity index (χ0) is 13.9. The largest absolute Gasteiger partial charge is 0.506 e. The van der Waals surface area contributed by atoms with Crippen LogP contribution in [0.25, 0.3) is 10.9 Å². The number of benzene rings is 2. The third kappa shape index (κ3) is 2.70. The predicted octanol–water partition coefficient (Wildman–Crippen LogP) is 4.45. The zero-order valence-electron chi connectivity index (χ0n) is 10.5. The number of aromatic hydroxyl groups is 1. The highest BCUT2D eigenvalue weighted by Gasteiger charge is 2.01. The molecule has 0 radical (unpaired) electrons. The molecule has 2 aromatic carbocycles. The van der Waals surface area contributed by atoms with Crippen LogP contribution in [0.5, 0.6) is 5.75 Å². The number of para-hydroxylation sites is 1. The molecule has 1 N–H and O–H groups in total. The van der Waals surface area contributed by atoms with Gasteiger partial charge in [0, 0.05) is 9.86 Å². The van der Waals surface area contributed by atoms with Gasteiger partial charge in [0.05, 0.1) is 17.6 Å². The Morgan fingerprint density at radius 3 is 2.75 bits per heavy atom. The van der Waals surface area contributed by atoms with Crippen molar-refractivity contribution in [1.82, 2.24) is 4.98 Å². The van der Waals surface area contributed by atoms with Crippen molar-refractivity contribution >= 4 is 38.7 Å². The molecule has 0 bridgehead atoms. The van der Waals surface area contributed by atoms with E-state index in [-0.39, 0.29) is 5.75 Å². The number of phenolic OH excluding ortho intramolecular Hbond substituents is 1. The first kappa shape index (κ1) is 12.8. The molecule has 0 aliphatic carbocycles.